The average Bonchev–Trinajstić information content (AvgIpc) is 2.30. The molecule has 2 nitrogen and oxygen atoms in total. The normalized spacial score (nSPS) is 11.0. The minimum atomic E-state index is 0.528. The first-order valence-electron chi connectivity index (χ1n) is 4.17. The molecule has 62 valence electrons. The van der Waals surface area contributed by atoms with Crippen LogP contribution in [0.4, 0.5) is 0 Å². The molecular weight excluding hydrogens is 136 g/mol. The summed E-state index contributed by atoms with van der Waals surface area (Å²) in [6.45, 7) is 6.49. The molecule has 0 amide bonds. The van der Waals surface area contributed by atoms with Crippen molar-refractivity contribution >= 4 is 0 Å². The number of aryl methyl sites for hydroxylation is 1. The Kier molecular flexibility index (Phi) is 2.32. The second kappa shape index (κ2) is 3.07. The third-order valence-electron chi connectivity index (χ3n) is 2.00. The number of aromatic nitrogens is 2. The van der Waals surface area contributed by atoms with Gasteiger partial charge in [-0.3, -0.25) is 0 Å². The van der Waals surface area contributed by atoms with Gasteiger partial charge in [0.25, 0.3) is 0 Å². The van der Waals surface area contributed by atoms with Crippen LogP contribution in [0.25, 0.3) is 0 Å². The summed E-state index contributed by atoms with van der Waals surface area (Å²) in [5, 5.41) is 0. The monoisotopic (exact) mass is 152 g/mol. The number of rotatable bonds is 2. The van der Waals surface area contributed by atoms with Crippen molar-refractivity contribution in [2.75, 3.05) is 0 Å². The molecule has 1 aromatic rings. The first-order valence-corrected chi connectivity index (χ1v) is 4.17. The Hall–Kier alpha value is -0.790. The first-order chi connectivity index (χ1) is 5.16. The molecule has 2 heteroatoms. The van der Waals surface area contributed by atoms with Crippen LogP contribution >= 0.6 is 0 Å². The van der Waals surface area contributed by atoms with E-state index in [0.717, 1.165) is 6.42 Å². The predicted molar refractivity (Wildman–Crippen MR) is 46.7 cm³/mol. The first kappa shape index (κ1) is 8.31. The van der Waals surface area contributed by atoms with E-state index in [-0.39, 0.29) is 0 Å². The average molecular weight is 152 g/mol. The molecule has 0 aromatic carbocycles. The van der Waals surface area contributed by atoms with Gasteiger partial charge in [0, 0.05) is 24.9 Å². The summed E-state index contributed by atoms with van der Waals surface area (Å²) in [5.74, 6) is 1.71. The maximum atomic E-state index is 4.35. The van der Waals surface area contributed by atoms with Crippen molar-refractivity contribution in [1.29, 1.82) is 0 Å². The van der Waals surface area contributed by atoms with Gasteiger partial charge < -0.3 is 4.57 Å². The second-order valence-electron chi connectivity index (χ2n) is 3.18. The quantitative estimate of drug-likeness (QED) is 0.634. The third kappa shape index (κ3) is 1.44. The summed E-state index contributed by atoms with van der Waals surface area (Å²) in [7, 11) is 2.08. The van der Waals surface area contributed by atoms with Gasteiger partial charge >= 0.3 is 0 Å². The van der Waals surface area contributed by atoms with Crippen LogP contribution in [0.5, 0.6) is 0 Å². The van der Waals surface area contributed by atoms with Crippen molar-refractivity contribution in [3.8, 4) is 0 Å². The van der Waals surface area contributed by atoms with E-state index in [4.69, 9.17) is 0 Å². The van der Waals surface area contributed by atoms with Crippen LogP contribution in [-0.4, -0.2) is 9.55 Å². The lowest BCUT2D eigenvalue weighted by atomic mass is 10.2. The van der Waals surface area contributed by atoms with Crippen LogP contribution in [0.15, 0.2) is 6.20 Å². The van der Waals surface area contributed by atoms with E-state index in [1.807, 2.05) is 6.20 Å². The van der Waals surface area contributed by atoms with Crippen molar-refractivity contribution < 1.29 is 0 Å². The van der Waals surface area contributed by atoms with E-state index in [9.17, 15) is 0 Å². The maximum Gasteiger partial charge on any atom is 0.111 e. The zero-order chi connectivity index (χ0) is 8.43. The van der Waals surface area contributed by atoms with Crippen molar-refractivity contribution in [2.24, 2.45) is 7.05 Å². The van der Waals surface area contributed by atoms with Crippen LogP contribution in [0.3, 0.4) is 0 Å². The van der Waals surface area contributed by atoms with Gasteiger partial charge in [0.1, 0.15) is 5.82 Å². The second-order valence-corrected chi connectivity index (χ2v) is 3.18. The molecule has 0 bridgehead atoms. The summed E-state index contributed by atoms with van der Waals surface area (Å²) < 4.78 is 2.19. The smallest absolute Gasteiger partial charge is 0.111 e. The molecule has 0 spiro atoms. The van der Waals surface area contributed by atoms with Crippen LogP contribution in [0.2, 0.25) is 0 Å². The fourth-order valence-corrected chi connectivity index (χ4v) is 1.33. The lowest BCUT2D eigenvalue weighted by Gasteiger charge is -2.06. The van der Waals surface area contributed by atoms with Gasteiger partial charge in [0.15, 0.2) is 0 Å². The van der Waals surface area contributed by atoms with Crippen LogP contribution in [0.1, 0.15) is 38.2 Å². The molecule has 0 saturated heterocycles. The molecule has 0 atom stereocenters. The number of hydrogen-bond acceptors (Lipinski definition) is 1. The lowest BCUT2D eigenvalue weighted by Crippen LogP contribution is -2.02. The maximum absolute atomic E-state index is 4.35. The minimum absolute atomic E-state index is 0.528. The van der Waals surface area contributed by atoms with Crippen LogP contribution in [-0.2, 0) is 13.5 Å². The SMILES string of the molecule is CCc1cnc(C(C)C)n1C. The Balaban J connectivity index is 3.00. The zero-order valence-corrected chi connectivity index (χ0v) is 7.76. The molecule has 0 N–H and O–H groups in total. The molecule has 0 fully saturated rings. The summed E-state index contributed by atoms with van der Waals surface area (Å²) >= 11 is 0. The third-order valence-corrected chi connectivity index (χ3v) is 2.00. The number of imidazole rings is 1. The van der Waals surface area contributed by atoms with Gasteiger partial charge in [-0.15, -0.1) is 0 Å². The largest absolute Gasteiger partial charge is 0.335 e. The van der Waals surface area contributed by atoms with Gasteiger partial charge in [0.05, 0.1) is 0 Å². The molecule has 1 heterocycles. The molecule has 0 radical (unpaired) electrons. The Morgan fingerprint density at radius 2 is 2.18 bits per heavy atom. The Bertz CT molecular complexity index is 236. The van der Waals surface area contributed by atoms with E-state index in [2.05, 4.69) is 37.4 Å². The molecular formula is C9H16N2. The van der Waals surface area contributed by atoms with E-state index in [1.165, 1.54) is 11.5 Å². The van der Waals surface area contributed by atoms with Crippen molar-refractivity contribution in [3.63, 3.8) is 0 Å². The van der Waals surface area contributed by atoms with Gasteiger partial charge in [-0.05, 0) is 6.42 Å². The molecule has 0 aliphatic heterocycles. The van der Waals surface area contributed by atoms with Crippen LogP contribution < -0.4 is 0 Å². The van der Waals surface area contributed by atoms with Crippen molar-refractivity contribution in [1.82, 2.24) is 9.55 Å². The Morgan fingerprint density at radius 3 is 2.45 bits per heavy atom. The van der Waals surface area contributed by atoms with E-state index in [1.54, 1.807) is 0 Å². The van der Waals surface area contributed by atoms with E-state index >= 15 is 0 Å². The fourth-order valence-electron chi connectivity index (χ4n) is 1.33. The van der Waals surface area contributed by atoms with E-state index < -0.39 is 0 Å². The molecule has 0 aliphatic carbocycles. The van der Waals surface area contributed by atoms with Gasteiger partial charge in [-0.1, -0.05) is 20.8 Å². The highest BCUT2D eigenvalue weighted by Crippen LogP contribution is 2.13. The Morgan fingerprint density at radius 1 is 1.55 bits per heavy atom. The Labute approximate surface area is 68.3 Å². The highest BCUT2D eigenvalue weighted by atomic mass is 15.1. The topological polar surface area (TPSA) is 17.8 Å². The van der Waals surface area contributed by atoms with Gasteiger partial charge in [-0.2, -0.15) is 0 Å². The standard InChI is InChI=1S/C9H16N2/c1-5-8-6-10-9(7(2)3)11(8)4/h6-7H,5H2,1-4H3. The summed E-state index contributed by atoms with van der Waals surface area (Å²) in [6.07, 6.45) is 3.03. The van der Waals surface area contributed by atoms with E-state index in [0.29, 0.717) is 5.92 Å². The number of nitrogens with zero attached hydrogens (tertiary/aromatic N) is 2. The van der Waals surface area contributed by atoms with Crippen molar-refractivity contribution in [3.05, 3.63) is 17.7 Å². The molecule has 1 rings (SSSR count). The molecule has 11 heavy (non-hydrogen) atoms. The lowest BCUT2D eigenvalue weighted by molar-refractivity contribution is 0.691. The summed E-state index contributed by atoms with van der Waals surface area (Å²) in [4.78, 5) is 4.35. The summed E-state index contributed by atoms with van der Waals surface area (Å²) in [5.41, 5.74) is 1.31. The molecule has 0 aliphatic rings. The molecule has 0 saturated carbocycles. The highest BCUT2D eigenvalue weighted by Gasteiger charge is 2.07. The van der Waals surface area contributed by atoms with Gasteiger partial charge in [0.2, 0.25) is 0 Å². The predicted octanol–water partition coefficient (Wildman–Crippen LogP) is 2.11. The molecule has 0 unspecified atom stereocenters. The van der Waals surface area contributed by atoms with Gasteiger partial charge in [-0.25, -0.2) is 4.98 Å². The highest BCUT2D eigenvalue weighted by molar-refractivity contribution is 5.07. The fraction of sp³-hybridized carbons (Fsp3) is 0.667. The minimum Gasteiger partial charge on any atom is -0.335 e. The summed E-state index contributed by atoms with van der Waals surface area (Å²) in [6, 6.07) is 0. The zero-order valence-electron chi connectivity index (χ0n) is 7.76. The molecule has 1 aromatic heterocycles. The van der Waals surface area contributed by atoms with Crippen molar-refractivity contribution in [2.45, 2.75) is 33.1 Å². The number of hydrogen-bond donors (Lipinski definition) is 0. The van der Waals surface area contributed by atoms with Crippen LogP contribution in [0, 0.1) is 0 Å².